The average molecular weight is 561 g/mol. The van der Waals surface area contributed by atoms with Gasteiger partial charge in [-0.1, -0.05) is 29.8 Å². The summed E-state index contributed by atoms with van der Waals surface area (Å²) in [4.78, 5) is 41.5. The maximum atomic E-state index is 13.8. The van der Waals surface area contributed by atoms with Gasteiger partial charge in [-0.25, -0.2) is 0 Å². The minimum Gasteiger partial charge on any atom is -0.490 e. The Hall–Kier alpha value is -3.84. The number of carboxylic acids is 1. The summed E-state index contributed by atoms with van der Waals surface area (Å²) in [5.74, 6) is -0.556. The summed E-state index contributed by atoms with van der Waals surface area (Å²) in [5.41, 5.74) is 3.00. The van der Waals surface area contributed by atoms with Crippen LogP contribution in [0.15, 0.2) is 72.8 Å². The first-order valence-corrected chi connectivity index (χ1v) is 14.1. The summed E-state index contributed by atoms with van der Waals surface area (Å²) in [6.07, 6.45) is 3.19. The topological polar surface area (TPSA) is 87.2 Å². The first kappa shape index (κ1) is 27.7. The van der Waals surface area contributed by atoms with Gasteiger partial charge in [0.1, 0.15) is 5.75 Å². The van der Waals surface area contributed by atoms with Crippen molar-refractivity contribution in [3.63, 3.8) is 0 Å². The number of amides is 2. The van der Waals surface area contributed by atoms with Crippen LogP contribution < -0.4 is 14.5 Å². The van der Waals surface area contributed by atoms with Crippen molar-refractivity contribution in [2.24, 2.45) is 5.92 Å². The van der Waals surface area contributed by atoms with Crippen LogP contribution >= 0.6 is 11.6 Å². The molecule has 2 aliphatic rings. The minimum atomic E-state index is -0.736. The fourth-order valence-electron chi connectivity index (χ4n) is 5.95. The second-order valence-corrected chi connectivity index (χ2v) is 11.1. The van der Waals surface area contributed by atoms with Crippen molar-refractivity contribution in [3.8, 4) is 5.75 Å². The lowest BCUT2D eigenvalue weighted by atomic mass is 9.87. The van der Waals surface area contributed by atoms with E-state index in [0.717, 1.165) is 16.9 Å². The number of carboxylic acid groups (broad SMARTS) is 1. The first-order valence-electron chi connectivity index (χ1n) is 13.7. The molecule has 5 rings (SSSR count). The van der Waals surface area contributed by atoms with Crippen molar-refractivity contribution in [1.82, 2.24) is 0 Å². The zero-order chi connectivity index (χ0) is 28.4. The van der Waals surface area contributed by atoms with Gasteiger partial charge in [0.05, 0.1) is 18.1 Å². The van der Waals surface area contributed by atoms with E-state index in [9.17, 15) is 19.5 Å². The Morgan fingerprint density at radius 3 is 2.20 bits per heavy atom. The zero-order valence-electron chi connectivity index (χ0n) is 22.6. The number of carbonyl (C=O) groups excluding carboxylic acids is 2. The molecule has 2 atom stereocenters. The van der Waals surface area contributed by atoms with Crippen LogP contribution in [-0.4, -0.2) is 35.0 Å². The number of ether oxygens (including phenoxy) is 1. The van der Waals surface area contributed by atoms with E-state index in [1.807, 2.05) is 48.2 Å². The number of fused-ring (bicyclic) bond motifs is 1. The van der Waals surface area contributed by atoms with Gasteiger partial charge >= 0.3 is 5.97 Å². The lowest BCUT2D eigenvalue weighted by molar-refractivity contribution is -0.143. The van der Waals surface area contributed by atoms with Crippen LogP contribution in [0.25, 0.3) is 0 Å². The largest absolute Gasteiger partial charge is 0.490 e. The summed E-state index contributed by atoms with van der Waals surface area (Å²) >= 11 is 6.10. The number of anilines is 2. The van der Waals surface area contributed by atoms with Crippen LogP contribution in [0.4, 0.5) is 11.4 Å². The molecule has 3 aromatic carbocycles. The predicted octanol–water partition coefficient (Wildman–Crippen LogP) is 6.90. The van der Waals surface area contributed by atoms with Crippen LogP contribution in [0, 0.1) is 5.92 Å². The third-order valence-electron chi connectivity index (χ3n) is 7.96. The summed E-state index contributed by atoms with van der Waals surface area (Å²) in [7, 11) is 0. The number of rotatable bonds is 6. The lowest BCUT2D eigenvalue weighted by Crippen LogP contribution is -2.47. The quantitative estimate of drug-likeness (QED) is 0.354. The van der Waals surface area contributed by atoms with Crippen LogP contribution in [0.1, 0.15) is 67.9 Å². The fraction of sp³-hybridized carbons (Fsp3) is 0.344. The van der Waals surface area contributed by atoms with E-state index < -0.39 is 5.97 Å². The number of hydrogen-bond acceptors (Lipinski definition) is 4. The SMILES string of the molecule is CC(=O)N(c1ccc(Cl)cc1)C1CC(C)N(C(=O)c2ccc(OC3CCC(C(=O)O)CC3)cc2)c2ccccc21. The molecule has 1 fully saturated rings. The van der Waals surface area contributed by atoms with E-state index in [1.54, 1.807) is 48.2 Å². The molecular formula is C32H33ClN2O5. The van der Waals surface area contributed by atoms with Gasteiger partial charge < -0.3 is 19.6 Å². The Kier molecular flexibility index (Phi) is 8.12. The van der Waals surface area contributed by atoms with E-state index in [0.29, 0.717) is 48.4 Å². The summed E-state index contributed by atoms with van der Waals surface area (Å²) in [6, 6.07) is 21.7. The molecule has 1 aliphatic heterocycles. The van der Waals surface area contributed by atoms with Crippen molar-refractivity contribution in [2.75, 3.05) is 9.80 Å². The fourth-order valence-corrected chi connectivity index (χ4v) is 6.08. The molecule has 3 aromatic rings. The van der Waals surface area contributed by atoms with Gasteiger partial charge in [-0.2, -0.15) is 0 Å². The van der Waals surface area contributed by atoms with Gasteiger partial charge in [0, 0.05) is 34.9 Å². The normalized spacial score (nSPS) is 22.2. The van der Waals surface area contributed by atoms with Crippen LogP contribution in [0.2, 0.25) is 5.02 Å². The van der Waals surface area contributed by atoms with Crippen molar-refractivity contribution < 1.29 is 24.2 Å². The number of hydrogen-bond donors (Lipinski definition) is 1. The maximum absolute atomic E-state index is 13.8. The molecule has 1 heterocycles. The molecule has 0 spiro atoms. The van der Waals surface area contributed by atoms with E-state index in [1.165, 1.54) is 0 Å². The standard InChI is InChI=1S/C32H33ClN2O5/c1-20-19-30(35(21(2)36)25-13-11-24(33)12-14-25)28-5-3-4-6-29(28)34(20)31(37)22-7-15-26(16-8-22)40-27-17-9-23(10-18-27)32(38)39/h3-8,11-16,20,23,27,30H,9-10,17-19H2,1-2H3,(H,38,39). The van der Waals surface area contributed by atoms with E-state index in [-0.39, 0.29) is 35.9 Å². The second kappa shape index (κ2) is 11.7. The Labute approximate surface area is 239 Å². The zero-order valence-corrected chi connectivity index (χ0v) is 23.4. The van der Waals surface area contributed by atoms with Crippen molar-refractivity contribution in [3.05, 3.63) is 88.9 Å². The summed E-state index contributed by atoms with van der Waals surface area (Å²) in [5, 5.41) is 9.81. The number of carbonyl (C=O) groups is 3. The van der Waals surface area contributed by atoms with Gasteiger partial charge in [-0.3, -0.25) is 14.4 Å². The molecule has 208 valence electrons. The Morgan fingerprint density at radius 2 is 1.57 bits per heavy atom. The molecule has 0 aromatic heterocycles. The third-order valence-corrected chi connectivity index (χ3v) is 8.21. The third kappa shape index (κ3) is 5.70. The molecule has 7 nitrogen and oxygen atoms in total. The number of halogens is 1. The minimum absolute atomic E-state index is 0.0204. The molecular weight excluding hydrogens is 528 g/mol. The summed E-state index contributed by atoms with van der Waals surface area (Å²) < 4.78 is 6.09. The highest BCUT2D eigenvalue weighted by Gasteiger charge is 2.38. The highest BCUT2D eigenvalue weighted by atomic mass is 35.5. The van der Waals surface area contributed by atoms with Crippen molar-refractivity contribution in [1.29, 1.82) is 0 Å². The molecule has 2 amide bonds. The molecule has 1 aliphatic carbocycles. The monoisotopic (exact) mass is 560 g/mol. The smallest absolute Gasteiger partial charge is 0.306 e. The molecule has 1 saturated carbocycles. The van der Waals surface area contributed by atoms with Gasteiger partial charge in [-0.15, -0.1) is 0 Å². The Morgan fingerprint density at radius 1 is 0.925 bits per heavy atom. The number of benzene rings is 3. The molecule has 0 radical (unpaired) electrons. The Bertz CT molecular complexity index is 1380. The molecule has 0 bridgehead atoms. The van der Waals surface area contributed by atoms with Crippen molar-refractivity contribution in [2.45, 2.75) is 64.1 Å². The molecule has 2 unspecified atom stereocenters. The van der Waals surface area contributed by atoms with Crippen LogP contribution in [0.3, 0.4) is 0 Å². The van der Waals surface area contributed by atoms with Crippen LogP contribution in [0.5, 0.6) is 5.75 Å². The maximum Gasteiger partial charge on any atom is 0.306 e. The first-order chi connectivity index (χ1) is 19.2. The highest BCUT2D eigenvalue weighted by Crippen LogP contribution is 2.43. The summed E-state index contributed by atoms with van der Waals surface area (Å²) in [6.45, 7) is 3.56. The van der Waals surface area contributed by atoms with Gasteiger partial charge in [0.2, 0.25) is 5.91 Å². The number of nitrogens with zero attached hydrogens (tertiary/aromatic N) is 2. The van der Waals surface area contributed by atoms with Gasteiger partial charge in [0.25, 0.3) is 5.91 Å². The number of para-hydroxylation sites is 1. The molecule has 40 heavy (non-hydrogen) atoms. The average Bonchev–Trinajstić information content (AvgIpc) is 2.94. The van der Waals surface area contributed by atoms with Crippen LogP contribution in [-0.2, 0) is 9.59 Å². The molecule has 8 heteroatoms. The van der Waals surface area contributed by atoms with Gasteiger partial charge in [0.15, 0.2) is 0 Å². The molecule has 0 saturated heterocycles. The number of aliphatic carboxylic acids is 1. The Balaban J connectivity index is 1.35. The molecule has 1 N–H and O–H groups in total. The van der Waals surface area contributed by atoms with Crippen molar-refractivity contribution >= 4 is 40.8 Å². The predicted molar refractivity (Wildman–Crippen MR) is 155 cm³/mol. The lowest BCUT2D eigenvalue weighted by Gasteiger charge is -2.43. The van der Waals surface area contributed by atoms with E-state index >= 15 is 0 Å². The highest BCUT2D eigenvalue weighted by molar-refractivity contribution is 6.30. The second-order valence-electron chi connectivity index (χ2n) is 10.7. The van der Waals surface area contributed by atoms with E-state index in [4.69, 9.17) is 16.3 Å². The van der Waals surface area contributed by atoms with E-state index in [2.05, 4.69) is 0 Å². The van der Waals surface area contributed by atoms with Gasteiger partial charge in [-0.05, 0) is 99.2 Å².